The molecule has 0 saturated carbocycles. The van der Waals surface area contributed by atoms with Crippen LogP contribution in [0.15, 0.2) is 18.2 Å². The molecule has 0 fully saturated rings. The monoisotopic (exact) mass is 232 g/mol. The van der Waals surface area contributed by atoms with Gasteiger partial charge < -0.3 is 5.32 Å². The van der Waals surface area contributed by atoms with Gasteiger partial charge >= 0.3 is 0 Å². The molecular weight excluding hydrogens is 220 g/mol. The SMILES string of the molecule is C#CCCCCNc1ccc(C#N)c(Cl)c1. The van der Waals surface area contributed by atoms with Crippen molar-refractivity contribution in [1.82, 2.24) is 0 Å². The summed E-state index contributed by atoms with van der Waals surface area (Å²) in [6.45, 7) is 0.865. The summed E-state index contributed by atoms with van der Waals surface area (Å²) in [6.07, 6.45) is 8.02. The van der Waals surface area contributed by atoms with E-state index in [0.717, 1.165) is 31.5 Å². The summed E-state index contributed by atoms with van der Waals surface area (Å²) in [5, 5.41) is 12.4. The van der Waals surface area contributed by atoms with Crippen LogP contribution in [-0.4, -0.2) is 6.54 Å². The quantitative estimate of drug-likeness (QED) is 0.624. The molecule has 0 aliphatic rings. The van der Waals surface area contributed by atoms with Crippen LogP contribution >= 0.6 is 11.6 Å². The van der Waals surface area contributed by atoms with Gasteiger partial charge in [-0.25, -0.2) is 0 Å². The Morgan fingerprint density at radius 3 is 2.81 bits per heavy atom. The highest BCUT2D eigenvalue weighted by atomic mass is 35.5. The smallest absolute Gasteiger partial charge is 0.101 e. The van der Waals surface area contributed by atoms with Gasteiger partial charge in [0.25, 0.3) is 0 Å². The molecular formula is C13H13ClN2. The predicted octanol–water partition coefficient (Wildman–Crippen LogP) is 3.43. The molecule has 0 amide bonds. The molecule has 1 rings (SSSR count). The largest absolute Gasteiger partial charge is 0.385 e. The van der Waals surface area contributed by atoms with E-state index in [2.05, 4.69) is 11.2 Å². The molecule has 0 radical (unpaired) electrons. The molecule has 2 nitrogen and oxygen atoms in total. The van der Waals surface area contributed by atoms with Gasteiger partial charge in [-0.3, -0.25) is 0 Å². The van der Waals surface area contributed by atoms with Crippen LogP contribution in [0, 0.1) is 23.7 Å². The number of halogens is 1. The van der Waals surface area contributed by atoms with Crippen LogP contribution in [0.25, 0.3) is 0 Å². The molecule has 16 heavy (non-hydrogen) atoms. The highest BCUT2D eigenvalue weighted by molar-refractivity contribution is 6.32. The van der Waals surface area contributed by atoms with E-state index >= 15 is 0 Å². The maximum absolute atomic E-state index is 8.71. The summed E-state index contributed by atoms with van der Waals surface area (Å²) in [4.78, 5) is 0. The van der Waals surface area contributed by atoms with Crippen molar-refractivity contribution in [2.45, 2.75) is 19.3 Å². The summed E-state index contributed by atoms with van der Waals surface area (Å²) < 4.78 is 0. The molecule has 0 aromatic heterocycles. The zero-order chi connectivity index (χ0) is 11.8. The fraction of sp³-hybridized carbons (Fsp3) is 0.308. The number of terminal acetylenes is 1. The fourth-order valence-electron chi connectivity index (χ4n) is 1.30. The summed E-state index contributed by atoms with van der Waals surface area (Å²) >= 11 is 5.90. The summed E-state index contributed by atoms with van der Waals surface area (Å²) in [5.74, 6) is 2.61. The number of hydrogen-bond acceptors (Lipinski definition) is 2. The van der Waals surface area contributed by atoms with Crippen LogP contribution in [0.1, 0.15) is 24.8 Å². The van der Waals surface area contributed by atoms with E-state index in [1.807, 2.05) is 12.1 Å². The van der Waals surface area contributed by atoms with E-state index in [4.69, 9.17) is 23.3 Å². The normalized spacial score (nSPS) is 9.19. The van der Waals surface area contributed by atoms with Crippen molar-refractivity contribution in [3.05, 3.63) is 28.8 Å². The number of nitrogens with zero attached hydrogens (tertiary/aromatic N) is 1. The Balaban J connectivity index is 2.41. The predicted molar refractivity (Wildman–Crippen MR) is 67.3 cm³/mol. The van der Waals surface area contributed by atoms with Crippen molar-refractivity contribution in [1.29, 1.82) is 5.26 Å². The zero-order valence-corrected chi connectivity index (χ0v) is 9.72. The molecule has 0 heterocycles. The second-order valence-corrected chi connectivity index (χ2v) is 3.80. The molecule has 0 aliphatic heterocycles. The number of hydrogen-bond donors (Lipinski definition) is 1. The molecule has 0 atom stereocenters. The summed E-state index contributed by atoms with van der Waals surface area (Å²) in [7, 11) is 0. The van der Waals surface area contributed by atoms with Gasteiger partial charge in [0.15, 0.2) is 0 Å². The third kappa shape index (κ3) is 3.85. The Labute approximate surface area is 101 Å². The minimum atomic E-state index is 0.483. The Kier molecular flexibility index (Phi) is 5.26. The third-order valence-corrected chi connectivity index (χ3v) is 2.48. The second kappa shape index (κ2) is 6.77. The lowest BCUT2D eigenvalue weighted by atomic mass is 10.2. The number of nitrogens with one attached hydrogen (secondary N) is 1. The average Bonchev–Trinajstić information content (AvgIpc) is 2.29. The Bertz CT molecular complexity index is 427. The number of nitriles is 1. The lowest BCUT2D eigenvalue weighted by Crippen LogP contribution is -2.01. The van der Waals surface area contributed by atoms with Crippen LogP contribution in [0.5, 0.6) is 0 Å². The lowest BCUT2D eigenvalue weighted by molar-refractivity contribution is 0.789. The number of anilines is 1. The van der Waals surface area contributed by atoms with E-state index in [1.165, 1.54) is 0 Å². The van der Waals surface area contributed by atoms with Crippen molar-refractivity contribution in [2.75, 3.05) is 11.9 Å². The first kappa shape index (κ1) is 12.4. The van der Waals surface area contributed by atoms with Crippen molar-refractivity contribution in [3.8, 4) is 18.4 Å². The van der Waals surface area contributed by atoms with E-state index in [0.29, 0.717) is 10.6 Å². The average molecular weight is 233 g/mol. The van der Waals surface area contributed by atoms with Gasteiger partial charge in [-0.15, -0.1) is 12.3 Å². The van der Waals surface area contributed by atoms with E-state index in [9.17, 15) is 0 Å². The van der Waals surface area contributed by atoms with E-state index in [1.54, 1.807) is 12.1 Å². The van der Waals surface area contributed by atoms with Gasteiger partial charge in [-0.05, 0) is 31.0 Å². The fourth-order valence-corrected chi connectivity index (χ4v) is 1.52. The lowest BCUT2D eigenvalue weighted by Gasteiger charge is -2.06. The van der Waals surface area contributed by atoms with Crippen molar-refractivity contribution in [3.63, 3.8) is 0 Å². The summed E-state index contributed by atoms with van der Waals surface area (Å²) in [5.41, 5.74) is 1.43. The molecule has 0 spiro atoms. The highest BCUT2D eigenvalue weighted by Gasteiger charge is 1.99. The number of rotatable bonds is 5. The van der Waals surface area contributed by atoms with Crippen LogP contribution in [-0.2, 0) is 0 Å². The molecule has 3 heteroatoms. The minimum Gasteiger partial charge on any atom is -0.385 e. The molecule has 1 N–H and O–H groups in total. The topological polar surface area (TPSA) is 35.8 Å². The standard InChI is InChI=1S/C13H13ClN2/c1-2-3-4-5-8-16-12-7-6-11(10-15)13(14)9-12/h1,6-7,9,16H,3-5,8H2. The Morgan fingerprint density at radius 2 is 2.19 bits per heavy atom. The van der Waals surface area contributed by atoms with Gasteiger partial charge in [0.1, 0.15) is 6.07 Å². The maximum Gasteiger partial charge on any atom is 0.101 e. The molecule has 82 valence electrons. The summed E-state index contributed by atoms with van der Waals surface area (Å²) in [6, 6.07) is 7.36. The van der Waals surface area contributed by atoms with Gasteiger partial charge in [0, 0.05) is 18.7 Å². The maximum atomic E-state index is 8.71. The van der Waals surface area contributed by atoms with Crippen molar-refractivity contribution < 1.29 is 0 Å². The van der Waals surface area contributed by atoms with Crippen molar-refractivity contribution >= 4 is 17.3 Å². The van der Waals surface area contributed by atoms with Gasteiger partial charge in [-0.1, -0.05) is 11.6 Å². The van der Waals surface area contributed by atoms with Crippen LogP contribution in [0.2, 0.25) is 5.02 Å². The molecule has 0 aliphatic carbocycles. The van der Waals surface area contributed by atoms with Gasteiger partial charge in [0.2, 0.25) is 0 Å². The Morgan fingerprint density at radius 1 is 1.38 bits per heavy atom. The number of benzene rings is 1. The molecule has 0 saturated heterocycles. The third-order valence-electron chi connectivity index (χ3n) is 2.17. The molecule has 0 unspecified atom stereocenters. The Hall–Kier alpha value is -1.64. The highest BCUT2D eigenvalue weighted by Crippen LogP contribution is 2.20. The van der Waals surface area contributed by atoms with Gasteiger partial charge in [-0.2, -0.15) is 5.26 Å². The first-order chi connectivity index (χ1) is 7.77. The molecule has 0 bridgehead atoms. The number of unbranched alkanes of at least 4 members (excludes halogenated alkanes) is 2. The van der Waals surface area contributed by atoms with Gasteiger partial charge in [0.05, 0.1) is 10.6 Å². The van der Waals surface area contributed by atoms with Crippen LogP contribution in [0.4, 0.5) is 5.69 Å². The molecule has 1 aromatic carbocycles. The minimum absolute atomic E-state index is 0.483. The first-order valence-corrected chi connectivity index (χ1v) is 5.52. The second-order valence-electron chi connectivity index (χ2n) is 3.39. The van der Waals surface area contributed by atoms with Crippen LogP contribution < -0.4 is 5.32 Å². The molecule has 1 aromatic rings. The zero-order valence-electron chi connectivity index (χ0n) is 8.96. The first-order valence-electron chi connectivity index (χ1n) is 5.15. The van der Waals surface area contributed by atoms with E-state index < -0.39 is 0 Å². The van der Waals surface area contributed by atoms with Crippen LogP contribution in [0.3, 0.4) is 0 Å². The van der Waals surface area contributed by atoms with E-state index in [-0.39, 0.29) is 0 Å². The van der Waals surface area contributed by atoms with Crippen molar-refractivity contribution in [2.24, 2.45) is 0 Å².